The van der Waals surface area contributed by atoms with E-state index in [0.717, 1.165) is 48.8 Å². The summed E-state index contributed by atoms with van der Waals surface area (Å²) in [5.74, 6) is 0. The Morgan fingerprint density at radius 3 is 2.91 bits per heavy atom. The van der Waals surface area contributed by atoms with Crippen LogP contribution in [0.2, 0.25) is 0 Å². The van der Waals surface area contributed by atoms with Crippen LogP contribution in [0.5, 0.6) is 0 Å². The zero-order chi connectivity index (χ0) is 16.1. The van der Waals surface area contributed by atoms with Gasteiger partial charge in [-0.15, -0.1) is 0 Å². The molecule has 0 radical (unpaired) electrons. The number of nitrogens with one attached hydrogen (secondary N) is 1. The first-order valence-electron chi connectivity index (χ1n) is 8.12. The number of imidazole rings is 1. The number of aromatic nitrogens is 3. The first kappa shape index (κ1) is 16.0. The van der Waals surface area contributed by atoms with Crippen LogP contribution in [0.15, 0.2) is 18.7 Å². The minimum Gasteiger partial charge on any atom is -0.354 e. The van der Waals surface area contributed by atoms with Crippen LogP contribution in [0.3, 0.4) is 0 Å². The molecule has 7 heteroatoms. The molecule has 23 heavy (non-hydrogen) atoms. The first-order chi connectivity index (χ1) is 11.3. The Balaban J connectivity index is 2.11. The predicted octanol–water partition coefficient (Wildman–Crippen LogP) is 1.16. The zero-order valence-corrected chi connectivity index (χ0v) is 13.2. The fourth-order valence-electron chi connectivity index (χ4n) is 3.38. The maximum absolute atomic E-state index is 11.5. The van der Waals surface area contributed by atoms with Crippen LogP contribution in [0.4, 0.5) is 0 Å². The quantitative estimate of drug-likeness (QED) is 0.744. The van der Waals surface area contributed by atoms with Gasteiger partial charge in [-0.05, 0) is 12.8 Å². The van der Waals surface area contributed by atoms with E-state index >= 15 is 0 Å². The van der Waals surface area contributed by atoms with Gasteiger partial charge in [-0.25, -0.2) is 4.98 Å². The number of H-pyrrole nitrogens is 1. The molecule has 0 spiro atoms. The van der Waals surface area contributed by atoms with Gasteiger partial charge in [-0.3, -0.25) is 9.88 Å². The van der Waals surface area contributed by atoms with E-state index in [-0.39, 0.29) is 6.42 Å². The van der Waals surface area contributed by atoms with E-state index in [0.29, 0.717) is 13.2 Å². The molecule has 1 unspecified atom stereocenters. The Morgan fingerprint density at radius 2 is 2.17 bits per heavy atom. The normalized spacial score (nSPS) is 18.8. The Kier molecular flexibility index (Phi) is 5.00. The first-order valence-corrected chi connectivity index (χ1v) is 8.12. The van der Waals surface area contributed by atoms with E-state index in [2.05, 4.69) is 19.9 Å². The largest absolute Gasteiger partial charge is 0.354 e. The minimum absolute atomic E-state index is 0.237. The average Bonchev–Trinajstić information content (AvgIpc) is 3.08. The molecule has 0 bridgehead atoms. The van der Waals surface area contributed by atoms with Gasteiger partial charge in [0.15, 0.2) is 5.72 Å². The molecule has 3 heterocycles. The Labute approximate surface area is 135 Å². The number of fused-ring (bicyclic) bond motifs is 1. The monoisotopic (exact) mass is 317 g/mol. The Bertz CT molecular complexity index is 653. The number of hydrogen-bond acceptors (Lipinski definition) is 6. The molecule has 2 aromatic heterocycles. The molecule has 3 rings (SSSR count). The number of rotatable bonds is 7. The van der Waals surface area contributed by atoms with Crippen LogP contribution in [-0.4, -0.2) is 52.4 Å². The average molecular weight is 317 g/mol. The van der Waals surface area contributed by atoms with Crippen molar-refractivity contribution in [1.82, 2.24) is 19.9 Å². The lowest BCUT2D eigenvalue weighted by Crippen LogP contribution is -2.51. The molecule has 0 amide bonds. The number of nitrogens with zero attached hydrogens (tertiary/aromatic N) is 3. The smallest absolute Gasteiger partial charge is 0.158 e. The molecule has 124 valence electrons. The van der Waals surface area contributed by atoms with Crippen molar-refractivity contribution in [1.29, 1.82) is 0 Å². The standard InChI is InChI=1S/C16H23N5O2/c17-5-9-23-16(4-8-22,21-6-2-1-3-7-21)13-10-18-11-14-15(13)20-12-19-14/h8,10-12H,1-7,9,17H2,(H,19,20). The second kappa shape index (κ2) is 7.16. The van der Waals surface area contributed by atoms with Crippen molar-refractivity contribution in [3.8, 4) is 0 Å². The summed E-state index contributed by atoms with van der Waals surface area (Å²) >= 11 is 0. The van der Waals surface area contributed by atoms with Crippen LogP contribution in [0.25, 0.3) is 11.0 Å². The second-order valence-corrected chi connectivity index (χ2v) is 5.83. The molecule has 1 saturated heterocycles. The number of piperidine rings is 1. The lowest BCUT2D eigenvalue weighted by Gasteiger charge is -2.44. The van der Waals surface area contributed by atoms with Crippen molar-refractivity contribution in [2.45, 2.75) is 31.4 Å². The minimum atomic E-state index is -0.844. The summed E-state index contributed by atoms with van der Waals surface area (Å²) in [5.41, 5.74) is 7.29. The molecule has 0 saturated carbocycles. The Hall–Kier alpha value is -1.83. The summed E-state index contributed by atoms with van der Waals surface area (Å²) in [7, 11) is 0. The van der Waals surface area contributed by atoms with Crippen molar-refractivity contribution >= 4 is 17.3 Å². The fraction of sp³-hybridized carbons (Fsp3) is 0.562. The predicted molar refractivity (Wildman–Crippen MR) is 86.7 cm³/mol. The van der Waals surface area contributed by atoms with Crippen molar-refractivity contribution < 1.29 is 9.53 Å². The van der Waals surface area contributed by atoms with E-state index < -0.39 is 5.72 Å². The molecule has 0 aliphatic carbocycles. The number of pyridine rings is 1. The molecule has 1 atom stereocenters. The summed E-state index contributed by atoms with van der Waals surface area (Å²) in [6.07, 6.45) is 9.68. The van der Waals surface area contributed by atoms with E-state index in [1.807, 2.05) is 0 Å². The number of hydrogen-bond donors (Lipinski definition) is 2. The SMILES string of the molecule is NCCOC(CC=O)(c1cncc2[nH]cnc12)N1CCCCC1. The van der Waals surface area contributed by atoms with Crippen molar-refractivity contribution in [2.75, 3.05) is 26.2 Å². The van der Waals surface area contributed by atoms with E-state index in [4.69, 9.17) is 10.5 Å². The van der Waals surface area contributed by atoms with Crippen molar-refractivity contribution in [3.63, 3.8) is 0 Å². The number of ether oxygens (including phenoxy) is 1. The molecule has 7 nitrogen and oxygen atoms in total. The van der Waals surface area contributed by atoms with E-state index in [1.165, 1.54) is 6.42 Å². The van der Waals surface area contributed by atoms with Crippen molar-refractivity contribution in [3.05, 3.63) is 24.3 Å². The summed E-state index contributed by atoms with van der Waals surface area (Å²) in [6.45, 7) is 2.56. The van der Waals surface area contributed by atoms with Crippen LogP contribution in [-0.2, 0) is 15.3 Å². The van der Waals surface area contributed by atoms with Gasteiger partial charge in [0.2, 0.25) is 0 Å². The van der Waals surface area contributed by atoms with Gasteiger partial charge in [0.25, 0.3) is 0 Å². The van der Waals surface area contributed by atoms with Crippen molar-refractivity contribution in [2.24, 2.45) is 5.73 Å². The van der Waals surface area contributed by atoms with E-state index in [1.54, 1.807) is 18.7 Å². The van der Waals surface area contributed by atoms with Gasteiger partial charge in [0, 0.05) is 31.4 Å². The molecule has 1 aliphatic heterocycles. The summed E-state index contributed by atoms with van der Waals surface area (Å²) in [5, 5.41) is 0. The second-order valence-electron chi connectivity index (χ2n) is 5.83. The zero-order valence-electron chi connectivity index (χ0n) is 13.2. The number of aromatic amines is 1. The van der Waals surface area contributed by atoms with Gasteiger partial charge in [0.1, 0.15) is 6.29 Å². The van der Waals surface area contributed by atoms with Gasteiger partial charge >= 0.3 is 0 Å². The highest BCUT2D eigenvalue weighted by molar-refractivity contribution is 5.78. The number of carbonyl (C=O) groups is 1. The Morgan fingerprint density at radius 1 is 1.35 bits per heavy atom. The third-order valence-corrected chi connectivity index (χ3v) is 4.44. The highest BCUT2D eigenvalue weighted by Crippen LogP contribution is 2.37. The molecular weight excluding hydrogens is 294 g/mol. The van der Waals surface area contributed by atoms with Crippen LogP contribution >= 0.6 is 0 Å². The number of nitrogens with two attached hydrogens (primary N) is 1. The third kappa shape index (κ3) is 2.99. The lowest BCUT2D eigenvalue weighted by atomic mass is 9.95. The fourth-order valence-corrected chi connectivity index (χ4v) is 3.38. The molecule has 3 N–H and O–H groups in total. The summed E-state index contributed by atoms with van der Waals surface area (Å²) in [4.78, 5) is 25.5. The molecule has 0 aromatic carbocycles. The maximum atomic E-state index is 11.5. The summed E-state index contributed by atoms with van der Waals surface area (Å²) in [6, 6.07) is 0. The number of likely N-dealkylation sites (tertiary alicyclic amines) is 1. The molecular formula is C16H23N5O2. The topological polar surface area (TPSA) is 97.1 Å². The van der Waals surface area contributed by atoms with Gasteiger partial charge in [-0.1, -0.05) is 6.42 Å². The third-order valence-electron chi connectivity index (χ3n) is 4.44. The summed E-state index contributed by atoms with van der Waals surface area (Å²) < 4.78 is 6.20. The van der Waals surface area contributed by atoms with Gasteiger partial charge < -0.3 is 20.2 Å². The molecule has 1 aliphatic rings. The number of carbonyl (C=O) groups excluding carboxylic acids is 1. The van der Waals surface area contributed by atoms with E-state index in [9.17, 15) is 4.79 Å². The highest BCUT2D eigenvalue weighted by atomic mass is 16.5. The lowest BCUT2D eigenvalue weighted by molar-refractivity contribution is -0.173. The van der Waals surface area contributed by atoms with Gasteiger partial charge in [0.05, 0.1) is 36.6 Å². The van der Waals surface area contributed by atoms with Crippen LogP contribution < -0.4 is 5.73 Å². The number of aldehydes is 1. The van der Waals surface area contributed by atoms with Gasteiger partial charge in [-0.2, -0.15) is 0 Å². The molecule has 2 aromatic rings. The highest BCUT2D eigenvalue weighted by Gasteiger charge is 2.42. The maximum Gasteiger partial charge on any atom is 0.158 e. The van der Waals surface area contributed by atoms with Crippen LogP contribution in [0.1, 0.15) is 31.2 Å². The van der Waals surface area contributed by atoms with Crippen LogP contribution in [0, 0.1) is 0 Å². The molecule has 1 fully saturated rings.